The summed E-state index contributed by atoms with van der Waals surface area (Å²) in [7, 11) is 1.33. The Hall–Kier alpha value is -1.95. The van der Waals surface area contributed by atoms with Crippen molar-refractivity contribution in [1.82, 2.24) is 9.97 Å². The van der Waals surface area contributed by atoms with Crippen LogP contribution in [0.4, 0.5) is 5.82 Å². The molecule has 0 aliphatic rings. The summed E-state index contributed by atoms with van der Waals surface area (Å²) in [6, 6.07) is 7.83. The molecule has 0 atom stereocenters. The summed E-state index contributed by atoms with van der Waals surface area (Å²) in [5.41, 5.74) is 1.38. The van der Waals surface area contributed by atoms with Gasteiger partial charge in [0.15, 0.2) is 0 Å². The summed E-state index contributed by atoms with van der Waals surface area (Å²) in [5, 5.41) is 3.10. The number of methoxy groups -OCH3 is 1. The second-order valence-electron chi connectivity index (χ2n) is 3.72. The van der Waals surface area contributed by atoms with Gasteiger partial charge in [-0.2, -0.15) is 0 Å². The molecule has 0 fully saturated rings. The fourth-order valence-corrected chi connectivity index (χ4v) is 1.98. The van der Waals surface area contributed by atoms with Gasteiger partial charge in [-0.25, -0.2) is 14.8 Å². The van der Waals surface area contributed by atoms with Gasteiger partial charge in [0.25, 0.3) is 0 Å². The van der Waals surface area contributed by atoms with Crippen LogP contribution in [0.2, 0.25) is 0 Å². The predicted octanol–water partition coefficient (Wildman–Crippen LogP) is 2.64. The number of esters is 1. The van der Waals surface area contributed by atoms with Gasteiger partial charge < -0.3 is 10.1 Å². The third kappa shape index (κ3) is 3.29. The Morgan fingerprint density at radius 2 is 2.21 bits per heavy atom. The Bertz CT molecular complexity index is 590. The monoisotopic (exact) mass is 321 g/mol. The molecule has 0 amide bonds. The van der Waals surface area contributed by atoms with Crippen LogP contribution >= 0.6 is 15.9 Å². The zero-order valence-corrected chi connectivity index (χ0v) is 11.8. The van der Waals surface area contributed by atoms with Crippen molar-refractivity contribution < 1.29 is 9.53 Å². The molecule has 1 heterocycles. The number of benzene rings is 1. The largest absolute Gasteiger partial charge is 0.465 e. The minimum Gasteiger partial charge on any atom is -0.465 e. The van der Waals surface area contributed by atoms with Crippen molar-refractivity contribution in [2.75, 3.05) is 12.4 Å². The van der Waals surface area contributed by atoms with Crippen LogP contribution in [0.15, 0.2) is 41.3 Å². The lowest BCUT2D eigenvalue weighted by Crippen LogP contribution is -2.10. The van der Waals surface area contributed by atoms with Crippen LogP contribution in [-0.2, 0) is 11.3 Å². The molecule has 19 heavy (non-hydrogen) atoms. The number of aromatic nitrogens is 2. The number of carbonyl (C=O) groups excluding carboxylic acids is 1. The SMILES string of the molecule is COC(=O)c1cncnc1NCc1ccccc1Br. The lowest BCUT2D eigenvalue weighted by Gasteiger charge is -2.10. The number of nitrogens with zero attached hydrogens (tertiary/aromatic N) is 2. The average Bonchev–Trinajstić information content (AvgIpc) is 2.46. The van der Waals surface area contributed by atoms with E-state index in [1.165, 1.54) is 19.6 Å². The number of nitrogens with one attached hydrogen (secondary N) is 1. The Balaban J connectivity index is 2.16. The molecule has 0 aliphatic carbocycles. The zero-order valence-electron chi connectivity index (χ0n) is 10.3. The van der Waals surface area contributed by atoms with E-state index in [9.17, 15) is 4.79 Å². The van der Waals surface area contributed by atoms with E-state index in [-0.39, 0.29) is 0 Å². The van der Waals surface area contributed by atoms with Gasteiger partial charge in [-0.15, -0.1) is 0 Å². The topological polar surface area (TPSA) is 64.1 Å². The summed E-state index contributed by atoms with van der Waals surface area (Å²) in [4.78, 5) is 19.4. The molecule has 1 aromatic heterocycles. The molecule has 0 radical (unpaired) electrons. The minimum absolute atomic E-state index is 0.317. The molecule has 2 aromatic rings. The second-order valence-corrected chi connectivity index (χ2v) is 4.58. The Morgan fingerprint density at radius 1 is 1.42 bits per heavy atom. The van der Waals surface area contributed by atoms with Gasteiger partial charge in [-0.3, -0.25) is 0 Å². The van der Waals surface area contributed by atoms with Crippen molar-refractivity contribution in [3.63, 3.8) is 0 Å². The first-order valence-electron chi connectivity index (χ1n) is 5.58. The highest BCUT2D eigenvalue weighted by Crippen LogP contribution is 2.18. The van der Waals surface area contributed by atoms with E-state index >= 15 is 0 Å². The molecule has 0 saturated carbocycles. The molecular formula is C13H12BrN3O2. The molecule has 5 nitrogen and oxygen atoms in total. The molecule has 1 aromatic carbocycles. The van der Waals surface area contributed by atoms with Crippen molar-refractivity contribution in [3.05, 3.63) is 52.4 Å². The van der Waals surface area contributed by atoms with Crippen LogP contribution in [0, 0.1) is 0 Å². The van der Waals surface area contributed by atoms with Crippen LogP contribution in [0.3, 0.4) is 0 Å². The molecule has 98 valence electrons. The summed E-state index contributed by atoms with van der Waals surface area (Å²) >= 11 is 3.47. The molecule has 2 rings (SSSR count). The first-order valence-corrected chi connectivity index (χ1v) is 6.37. The first-order chi connectivity index (χ1) is 9.22. The summed E-state index contributed by atoms with van der Waals surface area (Å²) in [6.45, 7) is 0.544. The van der Waals surface area contributed by atoms with E-state index in [0.29, 0.717) is 17.9 Å². The lowest BCUT2D eigenvalue weighted by atomic mass is 10.2. The Morgan fingerprint density at radius 3 is 2.95 bits per heavy atom. The highest BCUT2D eigenvalue weighted by molar-refractivity contribution is 9.10. The van der Waals surface area contributed by atoms with Crippen LogP contribution in [0.5, 0.6) is 0 Å². The number of rotatable bonds is 4. The number of anilines is 1. The maximum absolute atomic E-state index is 11.6. The normalized spacial score (nSPS) is 10.0. The molecule has 0 aliphatic heterocycles. The van der Waals surface area contributed by atoms with E-state index in [0.717, 1.165) is 10.0 Å². The molecule has 0 spiro atoms. The summed E-state index contributed by atoms with van der Waals surface area (Å²) in [6.07, 6.45) is 2.82. The Labute approximate surface area is 119 Å². The number of halogens is 1. The van der Waals surface area contributed by atoms with Crippen LogP contribution in [-0.4, -0.2) is 23.0 Å². The van der Waals surface area contributed by atoms with Gasteiger partial charge in [-0.05, 0) is 11.6 Å². The highest BCUT2D eigenvalue weighted by Gasteiger charge is 2.13. The van der Waals surface area contributed by atoms with Crippen molar-refractivity contribution in [3.8, 4) is 0 Å². The highest BCUT2D eigenvalue weighted by atomic mass is 79.9. The van der Waals surface area contributed by atoms with Gasteiger partial charge in [0.05, 0.1) is 7.11 Å². The number of ether oxygens (including phenoxy) is 1. The summed E-state index contributed by atoms with van der Waals surface area (Å²) < 4.78 is 5.68. The fraction of sp³-hybridized carbons (Fsp3) is 0.154. The van der Waals surface area contributed by atoms with Crippen LogP contribution in [0.25, 0.3) is 0 Å². The standard InChI is InChI=1S/C13H12BrN3O2/c1-19-13(18)10-7-15-8-17-12(10)16-6-9-4-2-3-5-11(9)14/h2-5,7-8H,6H2,1H3,(H,15,16,17). The molecule has 0 unspecified atom stereocenters. The van der Waals surface area contributed by atoms with Crippen molar-refractivity contribution in [2.24, 2.45) is 0 Å². The Kier molecular flexibility index (Phi) is 4.46. The maximum atomic E-state index is 11.6. The van der Waals surface area contributed by atoms with E-state index in [1.54, 1.807) is 0 Å². The number of hydrogen-bond donors (Lipinski definition) is 1. The van der Waals surface area contributed by atoms with Gasteiger partial charge in [0.2, 0.25) is 0 Å². The number of hydrogen-bond acceptors (Lipinski definition) is 5. The van der Waals surface area contributed by atoms with E-state index in [4.69, 9.17) is 0 Å². The smallest absolute Gasteiger partial charge is 0.343 e. The van der Waals surface area contributed by atoms with E-state index in [2.05, 4.69) is 36.0 Å². The van der Waals surface area contributed by atoms with Gasteiger partial charge in [-0.1, -0.05) is 34.1 Å². The molecule has 0 saturated heterocycles. The quantitative estimate of drug-likeness (QED) is 0.877. The molecule has 1 N–H and O–H groups in total. The minimum atomic E-state index is -0.463. The van der Waals surface area contributed by atoms with Crippen LogP contribution in [0.1, 0.15) is 15.9 Å². The van der Waals surface area contributed by atoms with Crippen molar-refractivity contribution >= 4 is 27.7 Å². The third-order valence-electron chi connectivity index (χ3n) is 2.52. The first kappa shape index (κ1) is 13.5. The lowest BCUT2D eigenvalue weighted by molar-refractivity contribution is 0.0601. The fourth-order valence-electron chi connectivity index (χ4n) is 1.55. The maximum Gasteiger partial charge on any atom is 0.343 e. The van der Waals surface area contributed by atoms with Crippen molar-refractivity contribution in [2.45, 2.75) is 6.54 Å². The van der Waals surface area contributed by atoms with Crippen molar-refractivity contribution in [1.29, 1.82) is 0 Å². The molecule has 6 heteroatoms. The van der Waals surface area contributed by atoms with Crippen LogP contribution < -0.4 is 5.32 Å². The van der Waals surface area contributed by atoms with Gasteiger partial charge in [0, 0.05) is 17.2 Å². The zero-order chi connectivity index (χ0) is 13.7. The number of carbonyl (C=O) groups is 1. The second kappa shape index (κ2) is 6.29. The van der Waals surface area contributed by atoms with E-state index < -0.39 is 5.97 Å². The van der Waals surface area contributed by atoms with Gasteiger partial charge >= 0.3 is 5.97 Å². The van der Waals surface area contributed by atoms with E-state index in [1.807, 2.05) is 24.3 Å². The molecular weight excluding hydrogens is 310 g/mol. The third-order valence-corrected chi connectivity index (χ3v) is 3.30. The molecule has 0 bridgehead atoms. The average molecular weight is 322 g/mol. The van der Waals surface area contributed by atoms with Gasteiger partial charge in [0.1, 0.15) is 17.7 Å². The predicted molar refractivity (Wildman–Crippen MR) is 74.8 cm³/mol. The summed E-state index contributed by atoms with van der Waals surface area (Å²) in [5.74, 6) is -0.00664.